The van der Waals surface area contributed by atoms with E-state index >= 15 is 0 Å². The van der Waals surface area contributed by atoms with Crippen molar-refractivity contribution in [1.29, 1.82) is 0 Å². The first-order valence-corrected chi connectivity index (χ1v) is 5.62. The van der Waals surface area contributed by atoms with E-state index in [4.69, 9.17) is 0 Å². The molecule has 1 heterocycles. The van der Waals surface area contributed by atoms with E-state index in [9.17, 15) is 18.3 Å². The lowest BCUT2D eigenvalue weighted by atomic mass is 10.1. The lowest BCUT2D eigenvalue weighted by Gasteiger charge is -2.07. The topological polar surface area (TPSA) is 25.2 Å². The van der Waals surface area contributed by atoms with Gasteiger partial charge in [-0.2, -0.15) is 13.2 Å². The third kappa shape index (κ3) is 2.36. The lowest BCUT2D eigenvalue weighted by Crippen LogP contribution is -2.05. The second-order valence-electron chi connectivity index (χ2n) is 4.55. The summed E-state index contributed by atoms with van der Waals surface area (Å²) in [5.74, 6) is 0. The van der Waals surface area contributed by atoms with Crippen LogP contribution in [0.1, 0.15) is 18.1 Å². The van der Waals surface area contributed by atoms with Crippen molar-refractivity contribution in [3.63, 3.8) is 0 Å². The summed E-state index contributed by atoms with van der Waals surface area (Å²) in [6.45, 7) is 1.66. The van der Waals surface area contributed by atoms with Gasteiger partial charge in [-0.05, 0) is 24.6 Å². The zero-order valence-electron chi connectivity index (χ0n) is 10.1. The fraction of sp³-hybridized carbons (Fsp3) is 0.385. The van der Waals surface area contributed by atoms with Gasteiger partial charge in [0.05, 0.1) is 11.7 Å². The van der Waals surface area contributed by atoms with Crippen LogP contribution in [0.4, 0.5) is 13.2 Å². The van der Waals surface area contributed by atoms with E-state index in [-0.39, 0.29) is 0 Å². The van der Waals surface area contributed by atoms with Crippen molar-refractivity contribution >= 4 is 10.9 Å². The minimum absolute atomic E-state index is 0.433. The van der Waals surface area contributed by atoms with Crippen LogP contribution in [0.15, 0.2) is 24.4 Å². The maximum atomic E-state index is 12.6. The number of fused-ring (bicyclic) bond motifs is 1. The monoisotopic (exact) mass is 257 g/mol. The molecule has 2 nitrogen and oxygen atoms in total. The zero-order valence-corrected chi connectivity index (χ0v) is 10.1. The maximum Gasteiger partial charge on any atom is 0.416 e. The second-order valence-corrected chi connectivity index (χ2v) is 4.55. The molecule has 0 aliphatic rings. The standard InChI is InChI=1S/C13H14F3NO/c1-8(18)5-9-7-17(2)12-6-10(13(14,15)16)3-4-11(9)12/h3-4,6-8,18H,5H2,1-2H3. The van der Waals surface area contributed by atoms with E-state index < -0.39 is 17.8 Å². The molecule has 1 aromatic carbocycles. The molecule has 0 bridgehead atoms. The van der Waals surface area contributed by atoms with E-state index in [1.165, 1.54) is 6.07 Å². The first-order chi connectivity index (χ1) is 8.29. The summed E-state index contributed by atoms with van der Waals surface area (Å²) < 4.78 is 39.5. The summed E-state index contributed by atoms with van der Waals surface area (Å²) in [7, 11) is 1.70. The van der Waals surface area contributed by atoms with Crippen LogP contribution < -0.4 is 0 Å². The van der Waals surface area contributed by atoms with Crippen molar-refractivity contribution in [3.05, 3.63) is 35.5 Å². The minimum Gasteiger partial charge on any atom is -0.393 e. The molecule has 98 valence electrons. The number of aromatic nitrogens is 1. The smallest absolute Gasteiger partial charge is 0.393 e. The van der Waals surface area contributed by atoms with Gasteiger partial charge in [-0.1, -0.05) is 6.07 Å². The highest BCUT2D eigenvalue weighted by molar-refractivity contribution is 5.84. The highest BCUT2D eigenvalue weighted by atomic mass is 19.4. The van der Waals surface area contributed by atoms with Crippen LogP contribution in [0.3, 0.4) is 0 Å². The van der Waals surface area contributed by atoms with Gasteiger partial charge in [0, 0.05) is 30.6 Å². The van der Waals surface area contributed by atoms with Crippen molar-refractivity contribution in [3.8, 4) is 0 Å². The van der Waals surface area contributed by atoms with Crippen LogP contribution in [-0.4, -0.2) is 15.8 Å². The number of hydrogen-bond acceptors (Lipinski definition) is 1. The lowest BCUT2D eigenvalue weighted by molar-refractivity contribution is -0.137. The van der Waals surface area contributed by atoms with Crippen LogP contribution in [0.5, 0.6) is 0 Å². The van der Waals surface area contributed by atoms with Crippen LogP contribution in [0.25, 0.3) is 10.9 Å². The summed E-state index contributed by atoms with van der Waals surface area (Å²) in [5, 5.41) is 10.1. The number of hydrogen-bond donors (Lipinski definition) is 1. The summed E-state index contributed by atoms with van der Waals surface area (Å²) in [6, 6.07) is 3.69. The molecule has 1 N–H and O–H groups in total. The van der Waals surface area contributed by atoms with Gasteiger partial charge in [-0.25, -0.2) is 0 Å². The molecule has 0 saturated heterocycles. The predicted octanol–water partition coefficient (Wildman–Crippen LogP) is 3.12. The van der Waals surface area contributed by atoms with Crippen molar-refractivity contribution in [2.75, 3.05) is 0 Å². The van der Waals surface area contributed by atoms with E-state index in [0.29, 0.717) is 11.9 Å². The van der Waals surface area contributed by atoms with Crippen molar-refractivity contribution < 1.29 is 18.3 Å². The molecule has 1 aromatic heterocycles. The van der Waals surface area contributed by atoms with Crippen LogP contribution in [-0.2, 0) is 19.6 Å². The van der Waals surface area contributed by atoms with Gasteiger partial charge in [-0.3, -0.25) is 0 Å². The molecule has 0 aliphatic carbocycles. The number of halogens is 3. The Morgan fingerprint density at radius 1 is 1.33 bits per heavy atom. The number of alkyl halides is 3. The molecule has 5 heteroatoms. The minimum atomic E-state index is -4.33. The largest absolute Gasteiger partial charge is 0.416 e. The Kier molecular flexibility index (Phi) is 3.11. The van der Waals surface area contributed by atoms with Gasteiger partial charge in [0.25, 0.3) is 0 Å². The normalized spacial score (nSPS) is 14.1. The number of benzene rings is 1. The molecular weight excluding hydrogens is 243 g/mol. The van der Waals surface area contributed by atoms with Crippen LogP contribution in [0.2, 0.25) is 0 Å². The highest BCUT2D eigenvalue weighted by Gasteiger charge is 2.30. The van der Waals surface area contributed by atoms with Gasteiger partial charge < -0.3 is 9.67 Å². The Morgan fingerprint density at radius 3 is 2.56 bits per heavy atom. The Bertz CT molecular complexity index is 569. The number of rotatable bonds is 2. The molecule has 1 unspecified atom stereocenters. The molecule has 0 aliphatic heterocycles. The third-order valence-electron chi connectivity index (χ3n) is 2.92. The van der Waals surface area contributed by atoms with Crippen molar-refractivity contribution in [1.82, 2.24) is 4.57 Å². The van der Waals surface area contributed by atoms with E-state index in [0.717, 1.165) is 23.1 Å². The maximum absolute atomic E-state index is 12.6. The van der Waals surface area contributed by atoms with Crippen molar-refractivity contribution in [2.45, 2.75) is 25.6 Å². The molecule has 0 fully saturated rings. The average molecular weight is 257 g/mol. The van der Waals surface area contributed by atoms with E-state index in [1.807, 2.05) is 0 Å². The molecule has 2 rings (SSSR count). The van der Waals surface area contributed by atoms with E-state index in [2.05, 4.69) is 0 Å². The molecule has 18 heavy (non-hydrogen) atoms. The summed E-state index contributed by atoms with van der Waals surface area (Å²) in [4.78, 5) is 0. The van der Waals surface area contributed by atoms with Crippen molar-refractivity contribution in [2.24, 2.45) is 7.05 Å². The first kappa shape index (κ1) is 13.0. The third-order valence-corrected chi connectivity index (χ3v) is 2.92. The van der Waals surface area contributed by atoms with Gasteiger partial charge in [0.2, 0.25) is 0 Å². The number of aryl methyl sites for hydroxylation is 1. The summed E-state index contributed by atoms with van der Waals surface area (Å²) in [6.07, 6.45) is -2.65. The zero-order chi connectivity index (χ0) is 13.5. The Morgan fingerprint density at radius 2 is 2.00 bits per heavy atom. The average Bonchev–Trinajstić information content (AvgIpc) is 2.53. The Hall–Kier alpha value is -1.49. The quantitative estimate of drug-likeness (QED) is 0.878. The number of nitrogens with zero attached hydrogens (tertiary/aromatic N) is 1. The predicted molar refractivity (Wildman–Crippen MR) is 63.3 cm³/mol. The first-order valence-electron chi connectivity index (χ1n) is 5.62. The molecule has 0 saturated carbocycles. The van der Waals surface area contributed by atoms with Crippen LogP contribution in [0, 0.1) is 0 Å². The molecule has 2 aromatic rings. The SMILES string of the molecule is CC(O)Cc1cn(C)c2cc(C(F)(F)F)ccc12. The second kappa shape index (κ2) is 4.31. The highest BCUT2D eigenvalue weighted by Crippen LogP contribution is 2.32. The number of aliphatic hydroxyl groups excluding tert-OH is 1. The number of aliphatic hydroxyl groups is 1. The Balaban J connectivity index is 2.55. The molecule has 0 spiro atoms. The molecule has 0 amide bonds. The summed E-state index contributed by atoms with van der Waals surface area (Å²) in [5.41, 5.74) is 0.733. The Labute approximate surface area is 103 Å². The molecule has 1 atom stereocenters. The van der Waals surface area contributed by atoms with Gasteiger partial charge in [0.15, 0.2) is 0 Å². The van der Waals surface area contributed by atoms with Crippen LogP contribution >= 0.6 is 0 Å². The molecular formula is C13H14F3NO. The van der Waals surface area contributed by atoms with E-state index in [1.54, 1.807) is 24.7 Å². The van der Waals surface area contributed by atoms with Gasteiger partial charge in [-0.15, -0.1) is 0 Å². The fourth-order valence-electron chi connectivity index (χ4n) is 2.13. The fourth-order valence-corrected chi connectivity index (χ4v) is 2.13. The molecule has 0 radical (unpaired) electrons. The van der Waals surface area contributed by atoms with Gasteiger partial charge in [0.1, 0.15) is 0 Å². The summed E-state index contributed by atoms with van der Waals surface area (Å²) >= 11 is 0. The van der Waals surface area contributed by atoms with Gasteiger partial charge >= 0.3 is 6.18 Å².